The molecule has 6 amide bonds. The molecule has 1 saturated heterocycles. The molecule has 2 N–H and O–H groups in total. The minimum absolute atomic E-state index is 0.0240. The van der Waals surface area contributed by atoms with Crippen molar-refractivity contribution >= 4 is 64.0 Å². The van der Waals surface area contributed by atoms with Gasteiger partial charge in [-0.2, -0.15) is 0 Å². The predicted octanol–water partition coefficient (Wildman–Crippen LogP) is 5.25. The van der Waals surface area contributed by atoms with E-state index in [1.807, 2.05) is 76.9 Å². The van der Waals surface area contributed by atoms with Gasteiger partial charge in [0.15, 0.2) is 0 Å². The number of nitrogens with one attached hydrogen (secondary N) is 2. The highest BCUT2D eigenvalue weighted by atomic mass is 32.1. The molecule has 9 unspecified atom stereocenters. The first-order valence-corrected chi connectivity index (χ1v) is 27.3. The van der Waals surface area contributed by atoms with Gasteiger partial charge in [0.25, 0.3) is 11.8 Å². The van der Waals surface area contributed by atoms with Gasteiger partial charge < -0.3 is 49.0 Å². The van der Waals surface area contributed by atoms with Gasteiger partial charge in [0.05, 0.1) is 94.3 Å². The lowest BCUT2D eigenvalue weighted by Gasteiger charge is -2.41. The van der Waals surface area contributed by atoms with Crippen molar-refractivity contribution in [1.82, 2.24) is 35.2 Å². The number of rotatable bonds is 33. The van der Waals surface area contributed by atoms with Gasteiger partial charge >= 0.3 is 0 Å². The van der Waals surface area contributed by atoms with Crippen molar-refractivity contribution in [3.63, 3.8) is 0 Å². The second-order valence-electron chi connectivity index (χ2n) is 19.9. The lowest BCUT2D eigenvalue weighted by molar-refractivity contribution is -0.148. The number of ether oxygens (including phenoxy) is 5. The van der Waals surface area contributed by atoms with Crippen LogP contribution in [0.3, 0.4) is 0 Å². The minimum Gasteiger partial charge on any atom is -0.379 e. The monoisotopic (exact) mass is 1070 g/mol. The molecule has 412 valence electrons. The Morgan fingerprint density at radius 3 is 2.05 bits per heavy atom. The predicted molar refractivity (Wildman–Crippen MR) is 288 cm³/mol. The molecule has 0 saturated carbocycles. The molecule has 2 aromatic rings. The average molecular weight is 1070 g/mol. The summed E-state index contributed by atoms with van der Waals surface area (Å²) in [6.07, 6.45) is 6.20. The van der Waals surface area contributed by atoms with Crippen LogP contribution in [-0.2, 0) is 58.9 Å². The Kier molecular flexibility index (Phi) is 26.2. The molecule has 2 aliphatic heterocycles. The molecule has 74 heavy (non-hydrogen) atoms. The van der Waals surface area contributed by atoms with Crippen LogP contribution in [0.2, 0.25) is 0 Å². The number of likely N-dealkylation sites (tertiary alicyclic amines) is 1. The quantitative estimate of drug-likeness (QED) is 0.0534. The fourth-order valence-electron chi connectivity index (χ4n) is 9.80. The second-order valence-corrected chi connectivity index (χ2v) is 21.2. The van der Waals surface area contributed by atoms with E-state index in [2.05, 4.69) is 27.8 Å². The van der Waals surface area contributed by atoms with E-state index in [9.17, 15) is 28.8 Å². The summed E-state index contributed by atoms with van der Waals surface area (Å²) in [6.45, 7) is 15.6. The fourth-order valence-corrected chi connectivity index (χ4v) is 10.8. The molecule has 1 aromatic carbocycles. The van der Waals surface area contributed by atoms with Gasteiger partial charge in [0, 0.05) is 64.5 Å². The molecule has 0 aliphatic carbocycles. The van der Waals surface area contributed by atoms with E-state index in [0.29, 0.717) is 24.4 Å². The van der Waals surface area contributed by atoms with Gasteiger partial charge in [0.1, 0.15) is 17.1 Å². The number of likely N-dealkylation sites (N-methyl/N-ethyl adjacent to an activating group) is 2. The Hall–Kier alpha value is -4.70. The van der Waals surface area contributed by atoms with Gasteiger partial charge in [0.2, 0.25) is 23.6 Å². The van der Waals surface area contributed by atoms with E-state index in [1.54, 1.807) is 50.7 Å². The lowest BCUT2D eigenvalue weighted by atomic mass is 9.89. The zero-order valence-electron chi connectivity index (χ0n) is 45.5. The van der Waals surface area contributed by atoms with E-state index in [4.69, 9.17) is 35.9 Å². The Bertz CT molecular complexity index is 2110. The molecular weight excluding hydrogens is 987 g/mol. The Morgan fingerprint density at radius 1 is 0.851 bits per heavy atom. The highest BCUT2D eigenvalue weighted by molar-refractivity contribution is 7.80. The summed E-state index contributed by atoms with van der Waals surface area (Å²) in [6, 6.07) is 7.52. The Labute approximate surface area is 448 Å². The fraction of sp³-hybridized carbons (Fsp3) is 0.667. The van der Waals surface area contributed by atoms with E-state index < -0.39 is 30.1 Å². The first-order valence-electron chi connectivity index (χ1n) is 26.0. The van der Waals surface area contributed by atoms with Crippen molar-refractivity contribution in [2.75, 3.05) is 81.0 Å². The maximum absolute atomic E-state index is 14.7. The largest absolute Gasteiger partial charge is 0.379 e. The zero-order valence-corrected chi connectivity index (χ0v) is 47.1. The number of thiocarbonyl (C=S) groups is 1. The molecule has 4 rings (SSSR count). The molecule has 0 bridgehead atoms. The Balaban J connectivity index is 1.33. The van der Waals surface area contributed by atoms with E-state index >= 15 is 0 Å². The van der Waals surface area contributed by atoms with Crippen LogP contribution in [0.5, 0.6) is 0 Å². The maximum Gasteiger partial charge on any atom is 0.253 e. The van der Waals surface area contributed by atoms with Crippen LogP contribution in [0, 0.1) is 23.7 Å². The topological polar surface area (TPSA) is 198 Å². The third-order valence-electron chi connectivity index (χ3n) is 14.1. The van der Waals surface area contributed by atoms with Crippen LogP contribution in [0.4, 0.5) is 0 Å². The number of aromatic nitrogens is 1. The normalized spacial score (nSPS) is 18.0. The Morgan fingerprint density at radius 2 is 1.49 bits per heavy atom. The van der Waals surface area contributed by atoms with Crippen molar-refractivity contribution in [3.8, 4) is 0 Å². The van der Waals surface area contributed by atoms with Crippen LogP contribution in [0.15, 0.2) is 54.1 Å². The number of thiazole rings is 1. The molecule has 1 aromatic heterocycles. The highest BCUT2D eigenvalue weighted by Crippen LogP contribution is 2.31. The molecule has 2 aliphatic rings. The zero-order chi connectivity index (χ0) is 54.5. The van der Waals surface area contributed by atoms with Gasteiger partial charge in [-0.15, -0.1) is 11.3 Å². The van der Waals surface area contributed by atoms with Crippen molar-refractivity contribution < 1.29 is 52.5 Å². The number of hydrogen-bond donors (Lipinski definition) is 2. The number of benzene rings is 1. The van der Waals surface area contributed by atoms with Gasteiger partial charge in [-0.1, -0.05) is 97.4 Å². The summed E-state index contributed by atoms with van der Waals surface area (Å²) >= 11 is 7.65. The first kappa shape index (κ1) is 61.8. The van der Waals surface area contributed by atoms with Gasteiger partial charge in [-0.3, -0.25) is 33.7 Å². The number of carbonyl (C=O) groups is 6. The summed E-state index contributed by atoms with van der Waals surface area (Å²) in [4.78, 5) is 91.3. The number of imide groups is 1. The van der Waals surface area contributed by atoms with Crippen LogP contribution in [-0.4, -0.2) is 182 Å². The number of hydrogen-bond acceptors (Lipinski definition) is 14. The van der Waals surface area contributed by atoms with Crippen LogP contribution < -0.4 is 10.6 Å². The summed E-state index contributed by atoms with van der Waals surface area (Å²) in [5, 5.41) is 9.50. The van der Waals surface area contributed by atoms with Crippen LogP contribution in [0.1, 0.15) is 97.2 Å². The third kappa shape index (κ3) is 17.7. The number of amides is 6. The number of carbonyl (C=O) groups excluding carboxylic acids is 6. The summed E-state index contributed by atoms with van der Waals surface area (Å²) in [5.74, 6) is -2.79. The standard InChI is InChI=1S/C54H83N7O11S2/c1-12-37(6)49(42(68-10)34-46(65)60-24-16-19-41(60)50(69-11)38(7)52(73)56-40(53-55-23-32-74-53)33-39-17-14-13-15-18-39)59(9)54(67)47(35(2)3)57-51(66)48(36(4)5)58(8)43(62)22-26-70-28-30-72-31-29-71-27-25-61-44(63)20-21-45(61)64/h13-15,17-18,20-21,23,32,35-38,40-42,47-50H,12,16,19,22,24-31,33-34H2,1-11H3,(H,56,73)(H,57,66). The molecule has 0 radical (unpaired) electrons. The highest BCUT2D eigenvalue weighted by Gasteiger charge is 2.43. The average Bonchev–Trinajstić information content (AvgIpc) is 4.17. The van der Waals surface area contributed by atoms with Crippen molar-refractivity contribution in [2.45, 2.75) is 129 Å². The SMILES string of the molecule is CCC(C)C(C(CC(=O)N1CCCC1C(OC)C(C)C(=S)NC(Cc1ccccc1)c1nccs1)OC)N(C)C(=O)C(NC(=O)C(C(C)C)N(C)C(=O)CCOCCOCCOCCN1C(=O)C=CC1=O)C(C)C. The number of methoxy groups -OCH3 is 2. The summed E-state index contributed by atoms with van der Waals surface area (Å²) in [5.41, 5.74) is 1.16. The second kappa shape index (κ2) is 31.4. The van der Waals surface area contributed by atoms with E-state index in [0.717, 1.165) is 28.3 Å². The van der Waals surface area contributed by atoms with Crippen molar-refractivity contribution in [1.29, 1.82) is 0 Å². The molecule has 1 fully saturated rings. The van der Waals surface area contributed by atoms with Crippen LogP contribution >= 0.6 is 23.6 Å². The summed E-state index contributed by atoms with van der Waals surface area (Å²) < 4.78 is 28.9. The minimum atomic E-state index is -0.936. The molecule has 20 heteroatoms. The van der Waals surface area contributed by atoms with E-state index in [1.165, 1.54) is 17.1 Å². The molecule has 9 atom stereocenters. The number of nitrogens with zero attached hydrogens (tertiary/aromatic N) is 5. The third-order valence-corrected chi connectivity index (χ3v) is 15.5. The van der Waals surface area contributed by atoms with Crippen molar-refractivity contribution in [3.05, 3.63) is 64.6 Å². The maximum atomic E-state index is 14.7. The van der Waals surface area contributed by atoms with Crippen LogP contribution in [0.25, 0.3) is 0 Å². The molecular formula is C54H83N7O11S2. The van der Waals surface area contributed by atoms with Crippen molar-refractivity contribution in [2.24, 2.45) is 23.7 Å². The lowest BCUT2D eigenvalue weighted by Crippen LogP contribution is -2.60. The summed E-state index contributed by atoms with van der Waals surface area (Å²) in [7, 11) is 6.52. The first-order chi connectivity index (χ1) is 35.4. The molecule has 3 heterocycles. The molecule has 0 spiro atoms. The van der Waals surface area contributed by atoms with Gasteiger partial charge in [-0.25, -0.2) is 4.98 Å². The van der Waals surface area contributed by atoms with Gasteiger partial charge in [-0.05, 0) is 42.6 Å². The molecule has 18 nitrogen and oxygen atoms in total. The van der Waals surface area contributed by atoms with E-state index in [-0.39, 0.29) is 130 Å². The smallest absolute Gasteiger partial charge is 0.253 e.